The quantitative estimate of drug-likeness (QED) is 0.913. The summed E-state index contributed by atoms with van der Waals surface area (Å²) in [7, 11) is 0. The number of aromatic nitrogens is 2. The minimum Gasteiger partial charge on any atom is -0.478 e. The zero-order valence-electron chi connectivity index (χ0n) is 9.47. The summed E-state index contributed by atoms with van der Waals surface area (Å²) in [5, 5.41) is 12.7. The second-order valence-electron chi connectivity index (χ2n) is 3.75. The average molecular weight is 252 g/mol. The fourth-order valence-corrected chi connectivity index (χ4v) is 1.67. The highest BCUT2D eigenvalue weighted by Gasteiger charge is 2.16. The first-order valence-electron chi connectivity index (χ1n) is 5.17. The van der Waals surface area contributed by atoms with Crippen molar-refractivity contribution in [3.8, 4) is 5.69 Å². The molecule has 6 heteroatoms. The maximum atomic E-state index is 12.6. The van der Waals surface area contributed by atoms with Crippen molar-refractivity contribution in [1.29, 1.82) is 0 Å². The van der Waals surface area contributed by atoms with E-state index in [0.717, 1.165) is 6.20 Å². The molecule has 1 aromatic heterocycles. The van der Waals surface area contributed by atoms with Gasteiger partial charge in [0, 0.05) is 0 Å². The van der Waals surface area contributed by atoms with E-state index >= 15 is 0 Å². The van der Waals surface area contributed by atoms with Crippen molar-refractivity contribution in [2.24, 2.45) is 0 Å². The molecular formula is C12H10F2N2O2. The smallest absolute Gasteiger partial charge is 0.335 e. The normalized spacial score (nSPS) is 10.9. The van der Waals surface area contributed by atoms with E-state index in [2.05, 4.69) is 5.10 Å². The predicted molar refractivity (Wildman–Crippen MR) is 60.2 cm³/mol. The van der Waals surface area contributed by atoms with E-state index in [-0.39, 0.29) is 11.1 Å². The molecular weight excluding hydrogens is 242 g/mol. The zero-order valence-corrected chi connectivity index (χ0v) is 9.47. The predicted octanol–water partition coefficient (Wildman–Crippen LogP) is 2.82. The minimum absolute atomic E-state index is 0.0843. The van der Waals surface area contributed by atoms with Gasteiger partial charge < -0.3 is 5.11 Å². The minimum atomic E-state index is -2.60. The van der Waals surface area contributed by atoms with E-state index in [0.29, 0.717) is 11.4 Å². The van der Waals surface area contributed by atoms with Crippen molar-refractivity contribution < 1.29 is 18.7 Å². The summed E-state index contributed by atoms with van der Waals surface area (Å²) in [4.78, 5) is 10.8. The molecule has 0 aliphatic carbocycles. The Morgan fingerprint density at radius 2 is 2.17 bits per heavy atom. The van der Waals surface area contributed by atoms with E-state index < -0.39 is 12.4 Å². The fraction of sp³-hybridized carbons (Fsp3) is 0.167. The second kappa shape index (κ2) is 4.56. The third-order valence-corrected chi connectivity index (χ3v) is 2.62. The molecule has 1 N–H and O–H groups in total. The van der Waals surface area contributed by atoms with E-state index in [1.807, 2.05) is 0 Å². The Morgan fingerprint density at radius 1 is 1.44 bits per heavy atom. The van der Waals surface area contributed by atoms with Crippen molar-refractivity contribution in [3.63, 3.8) is 0 Å². The number of nitrogens with zero attached hydrogens (tertiary/aromatic N) is 2. The third kappa shape index (κ3) is 2.09. The number of rotatable bonds is 3. The van der Waals surface area contributed by atoms with Crippen LogP contribution < -0.4 is 0 Å². The standard InChI is InChI=1S/C12H10F2N2O2/c1-7-10(11(13)14)6-15-16(7)9-4-2-3-8(5-9)12(17)18/h2-6,11H,1H3,(H,17,18). The summed E-state index contributed by atoms with van der Waals surface area (Å²) < 4.78 is 26.5. The van der Waals surface area contributed by atoms with Crippen LogP contribution in [0.4, 0.5) is 8.78 Å². The van der Waals surface area contributed by atoms with Gasteiger partial charge in [-0.1, -0.05) is 6.07 Å². The number of hydrogen-bond acceptors (Lipinski definition) is 2. The Bertz CT molecular complexity index is 594. The molecule has 0 saturated carbocycles. The maximum Gasteiger partial charge on any atom is 0.335 e. The number of benzene rings is 1. The van der Waals surface area contributed by atoms with Crippen molar-refractivity contribution in [2.75, 3.05) is 0 Å². The highest BCUT2D eigenvalue weighted by Crippen LogP contribution is 2.24. The van der Waals surface area contributed by atoms with Crippen LogP contribution in [0.15, 0.2) is 30.5 Å². The number of carboxylic acids is 1. The number of alkyl halides is 2. The molecule has 1 heterocycles. The van der Waals surface area contributed by atoms with Gasteiger partial charge in [-0.3, -0.25) is 0 Å². The SMILES string of the molecule is Cc1c(C(F)F)cnn1-c1cccc(C(=O)O)c1. The number of aromatic carboxylic acids is 1. The zero-order chi connectivity index (χ0) is 13.3. The Labute approximate surface area is 101 Å². The molecule has 0 aliphatic rings. The van der Waals surface area contributed by atoms with E-state index in [9.17, 15) is 13.6 Å². The van der Waals surface area contributed by atoms with Gasteiger partial charge in [-0.05, 0) is 25.1 Å². The average Bonchev–Trinajstić information content (AvgIpc) is 2.71. The van der Waals surface area contributed by atoms with Gasteiger partial charge in [-0.2, -0.15) is 5.10 Å². The summed E-state index contributed by atoms with van der Waals surface area (Å²) in [6, 6.07) is 5.97. The first kappa shape index (κ1) is 12.2. The Kier molecular flexibility index (Phi) is 3.10. The van der Waals surface area contributed by atoms with E-state index in [4.69, 9.17) is 5.11 Å². The number of carbonyl (C=O) groups is 1. The van der Waals surface area contributed by atoms with Gasteiger partial charge in [0.2, 0.25) is 0 Å². The molecule has 0 bridgehead atoms. The van der Waals surface area contributed by atoms with Crippen LogP contribution >= 0.6 is 0 Å². The number of halogens is 2. The van der Waals surface area contributed by atoms with Crippen LogP contribution in [0, 0.1) is 6.92 Å². The first-order valence-corrected chi connectivity index (χ1v) is 5.17. The molecule has 0 atom stereocenters. The van der Waals surface area contributed by atoms with Crippen LogP contribution in [-0.4, -0.2) is 20.9 Å². The summed E-state index contributed by atoms with van der Waals surface area (Å²) in [5.41, 5.74) is 0.670. The lowest BCUT2D eigenvalue weighted by atomic mass is 10.2. The molecule has 1 aromatic carbocycles. The lowest BCUT2D eigenvalue weighted by Crippen LogP contribution is -2.03. The molecule has 18 heavy (non-hydrogen) atoms. The molecule has 0 amide bonds. The molecule has 0 unspecified atom stereocenters. The lowest BCUT2D eigenvalue weighted by molar-refractivity contribution is 0.0696. The van der Waals surface area contributed by atoms with Gasteiger partial charge in [0.25, 0.3) is 6.43 Å². The molecule has 0 radical (unpaired) electrons. The van der Waals surface area contributed by atoms with Gasteiger partial charge in [0.05, 0.1) is 28.7 Å². The first-order chi connectivity index (χ1) is 8.50. The fourth-order valence-electron chi connectivity index (χ4n) is 1.67. The number of carboxylic acid groups (broad SMARTS) is 1. The summed E-state index contributed by atoms with van der Waals surface area (Å²) in [6.45, 7) is 1.52. The Morgan fingerprint density at radius 3 is 2.72 bits per heavy atom. The van der Waals surface area contributed by atoms with Gasteiger partial charge in [0.15, 0.2) is 0 Å². The molecule has 2 aromatic rings. The van der Waals surface area contributed by atoms with Crippen LogP contribution in [0.2, 0.25) is 0 Å². The van der Waals surface area contributed by atoms with Gasteiger partial charge in [0.1, 0.15) is 0 Å². The molecule has 94 valence electrons. The molecule has 2 rings (SSSR count). The van der Waals surface area contributed by atoms with Crippen LogP contribution in [0.3, 0.4) is 0 Å². The van der Waals surface area contributed by atoms with Crippen molar-refractivity contribution in [3.05, 3.63) is 47.3 Å². The van der Waals surface area contributed by atoms with E-state index in [1.54, 1.807) is 12.1 Å². The van der Waals surface area contributed by atoms with Gasteiger partial charge in [-0.15, -0.1) is 0 Å². The highest BCUT2D eigenvalue weighted by molar-refractivity contribution is 5.88. The Hall–Kier alpha value is -2.24. The highest BCUT2D eigenvalue weighted by atomic mass is 19.3. The van der Waals surface area contributed by atoms with Crippen molar-refractivity contribution in [2.45, 2.75) is 13.3 Å². The maximum absolute atomic E-state index is 12.6. The summed E-state index contributed by atoms with van der Waals surface area (Å²) in [6.07, 6.45) is -1.51. The van der Waals surface area contributed by atoms with Gasteiger partial charge in [-0.25, -0.2) is 18.3 Å². The van der Waals surface area contributed by atoms with Crippen LogP contribution in [-0.2, 0) is 0 Å². The molecule has 0 saturated heterocycles. The van der Waals surface area contributed by atoms with Crippen LogP contribution in [0.1, 0.15) is 28.0 Å². The van der Waals surface area contributed by atoms with Gasteiger partial charge >= 0.3 is 5.97 Å². The lowest BCUT2D eigenvalue weighted by Gasteiger charge is -2.06. The molecule has 0 spiro atoms. The van der Waals surface area contributed by atoms with Crippen LogP contribution in [0.5, 0.6) is 0 Å². The van der Waals surface area contributed by atoms with E-state index in [1.165, 1.54) is 23.7 Å². The van der Waals surface area contributed by atoms with Crippen LogP contribution in [0.25, 0.3) is 5.69 Å². The topological polar surface area (TPSA) is 55.1 Å². The third-order valence-electron chi connectivity index (χ3n) is 2.62. The van der Waals surface area contributed by atoms with Crippen molar-refractivity contribution >= 4 is 5.97 Å². The molecule has 0 fully saturated rings. The second-order valence-corrected chi connectivity index (χ2v) is 3.75. The molecule has 0 aliphatic heterocycles. The molecule has 4 nitrogen and oxygen atoms in total. The Balaban J connectivity index is 2.49. The summed E-state index contributed by atoms with van der Waals surface area (Å²) >= 11 is 0. The number of hydrogen-bond donors (Lipinski definition) is 1. The monoisotopic (exact) mass is 252 g/mol. The largest absolute Gasteiger partial charge is 0.478 e. The summed E-state index contributed by atoms with van der Waals surface area (Å²) in [5.74, 6) is -1.07. The van der Waals surface area contributed by atoms with Crippen molar-refractivity contribution in [1.82, 2.24) is 9.78 Å².